The molecule has 0 bridgehead atoms. The van der Waals surface area contributed by atoms with E-state index in [1.165, 1.54) is 25.3 Å². The van der Waals surface area contributed by atoms with Crippen LogP contribution in [-0.4, -0.2) is 30.6 Å². The number of nitrogens with one attached hydrogen (secondary N) is 1. The molecule has 0 radical (unpaired) electrons. The van der Waals surface area contributed by atoms with Crippen LogP contribution in [0.15, 0.2) is 18.2 Å². The van der Waals surface area contributed by atoms with Crippen molar-refractivity contribution in [1.29, 1.82) is 0 Å². The summed E-state index contributed by atoms with van der Waals surface area (Å²) in [6, 6.07) is 5.78. The van der Waals surface area contributed by atoms with Gasteiger partial charge in [0.2, 0.25) is 0 Å². The first-order chi connectivity index (χ1) is 9.24. The molecule has 2 heterocycles. The van der Waals surface area contributed by atoms with Crippen molar-refractivity contribution in [2.24, 2.45) is 5.92 Å². The summed E-state index contributed by atoms with van der Waals surface area (Å²) in [6.45, 7) is 4.10. The average molecular weight is 283 g/mol. The number of benzene rings is 1. The maximum absolute atomic E-state index is 13.4. The van der Waals surface area contributed by atoms with E-state index in [0.29, 0.717) is 6.04 Å². The van der Waals surface area contributed by atoms with Crippen LogP contribution >= 0.6 is 11.6 Å². The van der Waals surface area contributed by atoms with Crippen LogP contribution < -0.4 is 5.32 Å². The normalized spacial score (nSPS) is 28.1. The monoisotopic (exact) mass is 282 g/mol. The fraction of sp³-hybridized carbons (Fsp3) is 0.600. The predicted molar refractivity (Wildman–Crippen MR) is 75.8 cm³/mol. The molecule has 19 heavy (non-hydrogen) atoms. The van der Waals surface area contributed by atoms with Crippen LogP contribution in [0.1, 0.15) is 24.8 Å². The first-order valence-electron chi connectivity index (χ1n) is 7.12. The molecule has 2 unspecified atom stereocenters. The topological polar surface area (TPSA) is 15.3 Å². The fourth-order valence-corrected chi connectivity index (χ4v) is 3.56. The van der Waals surface area contributed by atoms with Crippen LogP contribution in [0.2, 0.25) is 5.02 Å². The molecule has 2 saturated heterocycles. The molecule has 0 aliphatic carbocycles. The number of hydrogen-bond donors (Lipinski definition) is 1. The zero-order chi connectivity index (χ0) is 13.2. The van der Waals surface area contributed by atoms with Crippen molar-refractivity contribution in [3.8, 4) is 0 Å². The van der Waals surface area contributed by atoms with Gasteiger partial charge in [-0.1, -0.05) is 23.7 Å². The van der Waals surface area contributed by atoms with E-state index < -0.39 is 0 Å². The first-order valence-corrected chi connectivity index (χ1v) is 7.50. The first kappa shape index (κ1) is 13.3. The highest BCUT2D eigenvalue weighted by Gasteiger charge is 2.30. The maximum Gasteiger partial charge on any atom is 0.142 e. The van der Waals surface area contributed by atoms with E-state index in [2.05, 4.69) is 10.2 Å². The van der Waals surface area contributed by atoms with Gasteiger partial charge in [-0.3, -0.25) is 4.90 Å². The second-order valence-electron chi connectivity index (χ2n) is 5.70. The van der Waals surface area contributed by atoms with Gasteiger partial charge in [-0.25, -0.2) is 4.39 Å². The third-order valence-corrected chi connectivity index (χ3v) is 4.83. The average Bonchev–Trinajstić information content (AvgIpc) is 2.44. The molecule has 104 valence electrons. The molecule has 2 aliphatic rings. The number of fused-ring (bicyclic) bond motifs is 1. The van der Waals surface area contributed by atoms with Gasteiger partial charge in [0, 0.05) is 19.1 Å². The SMILES string of the molecule is Fc1cccc(CN2CCC3NCCCC3C2)c1Cl. The lowest BCUT2D eigenvalue weighted by Crippen LogP contribution is -2.51. The van der Waals surface area contributed by atoms with E-state index >= 15 is 0 Å². The molecule has 1 aromatic carbocycles. The molecule has 0 aromatic heterocycles. The van der Waals surface area contributed by atoms with Gasteiger partial charge >= 0.3 is 0 Å². The Morgan fingerprint density at radius 3 is 3.16 bits per heavy atom. The van der Waals surface area contributed by atoms with E-state index in [9.17, 15) is 4.39 Å². The number of likely N-dealkylation sites (tertiary alicyclic amines) is 1. The van der Waals surface area contributed by atoms with Gasteiger partial charge in [0.15, 0.2) is 0 Å². The molecule has 2 aliphatic heterocycles. The van der Waals surface area contributed by atoms with Gasteiger partial charge in [0.1, 0.15) is 5.82 Å². The molecule has 2 atom stereocenters. The summed E-state index contributed by atoms with van der Waals surface area (Å²) in [6.07, 6.45) is 3.78. The number of halogens is 2. The number of nitrogens with zero attached hydrogens (tertiary/aromatic N) is 1. The Hall–Kier alpha value is -0.640. The number of hydrogen-bond acceptors (Lipinski definition) is 2. The summed E-state index contributed by atoms with van der Waals surface area (Å²) in [7, 11) is 0. The van der Waals surface area contributed by atoms with Crippen molar-refractivity contribution in [3.63, 3.8) is 0 Å². The lowest BCUT2D eigenvalue weighted by Gasteiger charge is -2.41. The summed E-state index contributed by atoms with van der Waals surface area (Å²) >= 11 is 6.04. The van der Waals surface area contributed by atoms with Crippen molar-refractivity contribution < 1.29 is 4.39 Å². The van der Waals surface area contributed by atoms with E-state index in [1.54, 1.807) is 6.07 Å². The molecule has 3 rings (SSSR count). The van der Waals surface area contributed by atoms with Gasteiger partial charge in [-0.15, -0.1) is 0 Å². The highest BCUT2D eigenvalue weighted by molar-refractivity contribution is 6.31. The van der Waals surface area contributed by atoms with Crippen molar-refractivity contribution >= 4 is 11.6 Å². The van der Waals surface area contributed by atoms with Gasteiger partial charge in [-0.05, 0) is 49.9 Å². The minimum absolute atomic E-state index is 0.284. The highest BCUT2D eigenvalue weighted by Crippen LogP contribution is 2.27. The molecular formula is C15H20ClFN2. The second-order valence-corrected chi connectivity index (χ2v) is 6.08. The van der Waals surface area contributed by atoms with Gasteiger partial charge < -0.3 is 5.32 Å². The highest BCUT2D eigenvalue weighted by atomic mass is 35.5. The lowest BCUT2D eigenvalue weighted by atomic mass is 9.85. The van der Waals surface area contributed by atoms with Crippen molar-refractivity contribution in [1.82, 2.24) is 10.2 Å². The molecule has 1 N–H and O–H groups in total. The molecule has 0 saturated carbocycles. The van der Waals surface area contributed by atoms with Crippen molar-refractivity contribution in [2.75, 3.05) is 19.6 Å². The van der Waals surface area contributed by atoms with Crippen LogP contribution in [0.3, 0.4) is 0 Å². The Balaban J connectivity index is 1.66. The number of rotatable bonds is 2. The zero-order valence-corrected chi connectivity index (χ0v) is 11.8. The second kappa shape index (κ2) is 5.78. The third kappa shape index (κ3) is 2.93. The summed E-state index contributed by atoms with van der Waals surface area (Å²) in [4.78, 5) is 2.41. The lowest BCUT2D eigenvalue weighted by molar-refractivity contribution is 0.109. The molecule has 1 aromatic rings. The minimum Gasteiger partial charge on any atom is -0.314 e. The maximum atomic E-state index is 13.4. The predicted octanol–water partition coefficient (Wildman–Crippen LogP) is 3.05. The summed E-state index contributed by atoms with van der Waals surface area (Å²) < 4.78 is 13.4. The Labute approximate surface area is 118 Å². The Kier molecular flexibility index (Phi) is 4.06. The minimum atomic E-state index is -0.312. The quantitative estimate of drug-likeness (QED) is 0.897. The van der Waals surface area contributed by atoms with E-state index in [1.807, 2.05) is 6.07 Å². The third-order valence-electron chi connectivity index (χ3n) is 4.40. The molecule has 0 spiro atoms. The fourth-order valence-electron chi connectivity index (χ4n) is 3.38. The molecule has 4 heteroatoms. The van der Waals surface area contributed by atoms with E-state index in [0.717, 1.165) is 37.7 Å². The Bertz CT molecular complexity index is 452. The largest absolute Gasteiger partial charge is 0.314 e. The molecular weight excluding hydrogens is 263 g/mol. The number of piperidine rings is 2. The smallest absolute Gasteiger partial charge is 0.142 e. The van der Waals surface area contributed by atoms with Gasteiger partial charge in [0.25, 0.3) is 0 Å². The van der Waals surface area contributed by atoms with Crippen LogP contribution in [0.4, 0.5) is 4.39 Å². The van der Waals surface area contributed by atoms with Crippen LogP contribution in [0.5, 0.6) is 0 Å². The van der Waals surface area contributed by atoms with E-state index in [-0.39, 0.29) is 10.8 Å². The molecule has 2 fully saturated rings. The summed E-state index contributed by atoms with van der Waals surface area (Å²) in [5, 5.41) is 3.90. The Morgan fingerprint density at radius 2 is 2.26 bits per heavy atom. The zero-order valence-electron chi connectivity index (χ0n) is 11.0. The van der Waals surface area contributed by atoms with Crippen molar-refractivity contribution in [3.05, 3.63) is 34.6 Å². The van der Waals surface area contributed by atoms with E-state index in [4.69, 9.17) is 11.6 Å². The van der Waals surface area contributed by atoms with Crippen LogP contribution in [0.25, 0.3) is 0 Å². The summed E-state index contributed by atoms with van der Waals surface area (Å²) in [5.41, 5.74) is 0.906. The molecule has 0 amide bonds. The standard InChI is InChI=1S/C15H20ClFN2/c16-15-12(3-1-5-13(15)17)10-19-8-6-14-11(9-19)4-2-7-18-14/h1,3,5,11,14,18H,2,4,6-10H2. The van der Waals surface area contributed by atoms with Crippen LogP contribution in [0, 0.1) is 11.7 Å². The molecule has 2 nitrogen and oxygen atoms in total. The van der Waals surface area contributed by atoms with Crippen molar-refractivity contribution in [2.45, 2.75) is 31.8 Å². The van der Waals surface area contributed by atoms with Crippen LogP contribution in [-0.2, 0) is 6.54 Å². The van der Waals surface area contributed by atoms with Gasteiger partial charge in [0.05, 0.1) is 5.02 Å². The summed E-state index contributed by atoms with van der Waals surface area (Å²) in [5.74, 6) is 0.434. The van der Waals surface area contributed by atoms with Gasteiger partial charge in [-0.2, -0.15) is 0 Å². The Morgan fingerprint density at radius 1 is 1.37 bits per heavy atom.